The van der Waals surface area contributed by atoms with E-state index in [1.54, 1.807) is 30.3 Å². The minimum Gasteiger partial charge on any atom is -0.270 e. The van der Waals surface area contributed by atoms with Gasteiger partial charge in [-0.25, -0.2) is 0 Å². The van der Waals surface area contributed by atoms with Crippen molar-refractivity contribution < 1.29 is 12.6 Å². The Morgan fingerprint density at radius 2 is 1.57 bits per heavy atom. The average molecular weight is 394 g/mol. The Bertz CT molecular complexity index is 753. The summed E-state index contributed by atoms with van der Waals surface area (Å²) in [7, 11) is -3.56. The SMILES string of the molecule is CS(=O)(=O)OCC(Cc1ccc(Cl)cc1)c1c(Cl)cccc1Cl. The van der Waals surface area contributed by atoms with Crippen LogP contribution in [0.15, 0.2) is 42.5 Å². The molecule has 2 aromatic rings. The topological polar surface area (TPSA) is 43.4 Å². The summed E-state index contributed by atoms with van der Waals surface area (Å²) in [5, 5.41) is 1.59. The van der Waals surface area contributed by atoms with Gasteiger partial charge < -0.3 is 0 Å². The number of hydrogen-bond acceptors (Lipinski definition) is 3. The van der Waals surface area contributed by atoms with E-state index in [4.69, 9.17) is 39.0 Å². The lowest BCUT2D eigenvalue weighted by atomic mass is 9.92. The van der Waals surface area contributed by atoms with Gasteiger partial charge >= 0.3 is 0 Å². The number of rotatable bonds is 6. The molecule has 2 rings (SSSR count). The van der Waals surface area contributed by atoms with Crippen LogP contribution in [-0.2, 0) is 20.7 Å². The van der Waals surface area contributed by atoms with Crippen molar-refractivity contribution in [1.29, 1.82) is 0 Å². The van der Waals surface area contributed by atoms with Crippen LogP contribution >= 0.6 is 34.8 Å². The molecule has 0 spiro atoms. The molecule has 0 heterocycles. The number of hydrogen-bond donors (Lipinski definition) is 0. The van der Waals surface area contributed by atoms with E-state index in [-0.39, 0.29) is 12.5 Å². The normalized spacial score (nSPS) is 13.0. The summed E-state index contributed by atoms with van der Waals surface area (Å²) in [5.41, 5.74) is 1.65. The largest absolute Gasteiger partial charge is 0.270 e. The lowest BCUT2D eigenvalue weighted by Crippen LogP contribution is -2.15. The molecule has 0 saturated heterocycles. The van der Waals surface area contributed by atoms with Gasteiger partial charge in [0.2, 0.25) is 0 Å². The van der Waals surface area contributed by atoms with Crippen molar-refractivity contribution in [3.63, 3.8) is 0 Å². The standard InChI is InChI=1S/C16H15Cl3O3S/c1-23(20,21)22-10-12(9-11-5-7-13(17)8-6-11)16-14(18)3-2-4-15(16)19/h2-8,12H,9-10H2,1H3. The Labute approximate surface area is 151 Å². The zero-order chi connectivity index (χ0) is 17.0. The van der Waals surface area contributed by atoms with Gasteiger partial charge in [-0.15, -0.1) is 0 Å². The molecule has 1 unspecified atom stereocenters. The van der Waals surface area contributed by atoms with Crippen molar-refractivity contribution in [2.24, 2.45) is 0 Å². The number of halogens is 3. The minimum absolute atomic E-state index is 0.0368. The Balaban J connectivity index is 2.33. The van der Waals surface area contributed by atoms with Crippen LogP contribution in [0.25, 0.3) is 0 Å². The third-order valence-corrected chi connectivity index (χ3v) is 4.76. The van der Waals surface area contributed by atoms with Crippen LogP contribution in [0.1, 0.15) is 17.0 Å². The van der Waals surface area contributed by atoms with Crippen LogP contribution in [0, 0.1) is 0 Å². The van der Waals surface area contributed by atoms with Gasteiger partial charge in [-0.1, -0.05) is 53.0 Å². The third kappa shape index (κ3) is 5.66. The summed E-state index contributed by atoms with van der Waals surface area (Å²) in [6.45, 7) is -0.0368. The fraction of sp³-hybridized carbons (Fsp3) is 0.250. The maximum Gasteiger partial charge on any atom is 0.264 e. The maximum absolute atomic E-state index is 11.3. The molecule has 0 amide bonds. The van der Waals surface area contributed by atoms with Crippen molar-refractivity contribution in [1.82, 2.24) is 0 Å². The first-order valence-corrected chi connectivity index (χ1v) is 9.74. The van der Waals surface area contributed by atoms with Crippen molar-refractivity contribution in [2.45, 2.75) is 12.3 Å². The first-order chi connectivity index (χ1) is 10.8. The summed E-state index contributed by atoms with van der Waals surface area (Å²) in [4.78, 5) is 0. The fourth-order valence-corrected chi connectivity index (χ4v) is 3.50. The van der Waals surface area contributed by atoms with Crippen molar-refractivity contribution in [3.05, 3.63) is 68.7 Å². The number of benzene rings is 2. The van der Waals surface area contributed by atoms with E-state index in [2.05, 4.69) is 0 Å². The van der Waals surface area contributed by atoms with E-state index >= 15 is 0 Å². The van der Waals surface area contributed by atoms with Gasteiger partial charge in [0.15, 0.2) is 0 Å². The highest BCUT2D eigenvalue weighted by Gasteiger charge is 2.21. The molecule has 2 aromatic carbocycles. The molecule has 23 heavy (non-hydrogen) atoms. The smallest absolute Gasteiger partial charge is 0.264 e. The van der Waals surface area contributed by atoms with Gasteiger partial charge in [-0.05, 0) is 41.8 Å². The van der Waals surface area contributed by atoms with Crippen LogP contribution < -0.4 is 0 Å². The second-order valence-electron chi connectivity index (χ2n) is 5.15. The first kappa shape index (κ1) is 18.6. The Morgan fingerprint density at radius 1 is 1.00 bits per heavy atom. The first-order valence-electron chi connectivity index (χ1n) is 6.79. The second kappa shape index (κ2) is 7.86. The maximum atomic E-state index is 11.3. The quantitative estimate of drug-likeness (QED) is 0.652. The summed E-state index contributed by atoms with van der Waals surface area (Å²) < 4.78 is 27.6. The monoisotopic (exact) mass is 392 g/mol. The van der Waals surface area contributed by atoms with Gasteiger partial charge in [0.05, 0.1) is 12.9 Å². The molecule has 0 radical (unpaired) electrons. The molecule has 0 aromatic heterocycles. The lowest BCUT2D eigenvalue weighted by Gasteiger charge is -2.19. The van der Waals surface area contributed by atoms with Crippen LogP contribution in [0.3, 0.4) is 0 Å². The Hall–Kier alpha value is -0.780. The summed E-state index contributed by atoms with van der Waals surface area (Å²) in [6, 6.07) is 12.5. The van der Waals surface area contributed by atoms with Crippen LogP contribution in [0.4, 0.5) is 0 Å². The van der Waals surface area contributed by atoms with Crippen LogP contribution in [0.5, 0.6) is 0 Å². The molecule has 7 heteroatoms. The molecule has 0 aliphatic carbocycles. The van der Waals surface area contributed by atoms with Crippen molar-refractivity contribution >= 4 is 44.9 Å². The summed E-state index contributed by atoms with van der Waals surface area (Å²) >= 11 is 18.4. The molecular formula is C16H15Cl3O3S. The second-order valence-corrected chi connectivity index (χ2v) is 8.05. The van der Waals surface area contributed by atoms with Crippen molar-refractivity contribution in [2.75, 3.05) is 12.9 Å². The lowest BCUT2D eigenvalue weighted by molar-refractivity contribution is 0.293. The van der Waals surface area contributed by atoms with E-state index in [1.807, 2.05) is 12.1 Å². The van der Waals surface area contributed by atoms with Crippen LogP contribution in [-0.4, -0.2) is 21.3 Å². The summed E-state index contributed by atoms with van der Waals surface area (Å²) in [6.07, 6.45) is 1.54. The molecule has 0 saturated carbocycles. The Morgan fingerprint density at radius 3 is 2.09 bits per heavy atom. The fourth-order valence-electron chi connectivity index (χ4n) is 2.26. The molecule has 0 fully saturated rings. The van der Waals surface area contributed by atoms with E-state index in [1.165, 1.54) is 0 Å². The average Bonchev–Trinajstić information content (AvgIpc) is 2.45. The molecule has 0 aliphatic heterocycles. The van der Waals surface area contributed by atoms with Gasteiger partial charge in [0.1, 0.15) is 0 Å². The van der Waals surface area contributed by atoms with Gasteiger partial charge in [-0.3, -0.25) is 4.18 Å². The van der Waals surface area contributed by atoms with Crippen molar-refractivity contribution in [3.8, 4) is 0 Å². The zero-order valence-electron chi connectivity index (χ0n) is 12.3. The molecule has 0 N–H and O–H groups in total. The molecule has 124 valence electrons. The highest BCUT2D eigenvalue weighted by atomic mass is 35.5. The molecule has 0 bridgehead atoms. The molecule has 0 aliphatic rings. The van der Waals surface area contributed by atoms with E-state index < -0.39 is 10.1 Å². The Kier molecular flexibility index (Phi) is 6.34. The van der Waals surface area contributed by atoms with Gasteiger partial charge in [-0.2, -0.15) is 8.42 Å². The van der Waals surface area contributed by atoms with Gasteiger partial charge in [0, 0.05) is 21.0 Å². The predicted molar refractivity (Wildman–Crippen MR) is 95.2 cm³/mol. The molecule has 3 nitrogen and oxygen atoms in total. The highest BCUT2D eigenvalue weighted by molar-refractivity contribution is 7.85. The van der Waals surface area contributed by atoms with E-state index in [0.717, 1.165) is 11.8 Å². The van der Waals surface area contributed by atoms with E-state index in [9.17, 15) is 8.42 Å². The third-order valence-electron chi connectivity index (χ3n) is 3.29. The summed E-state index contributed by atoms with van der Waals surface area (Å²) in [5.74, 6) is -0.299. The van der Waals surface area contributed by atoms with Gasteiger partial charge in [0.25, 0.3) is 10.1 Å². The minimum atomic E-state index is -3.56. The predicted octanol–water partition coefficient (Wildman–Crippen LogP) is 4.95. The highest BCUT2D eigenvalue weighted by Crippen LogP contribution is 2.34. The van der Waals surface area contributed by atoms with E-state index in [0.29, 0.717) is 27.1 Å². The zero-order valence-corrected chi connectivity index (χ0v) is 15.4. The molecular weight excluding hydrogens is 379 g/mol. The van der Waals surface area contributed by atoms with Crippen LogP contribution in [0.2, 0.25) is 15.1 Å². The molecule has 1 atom stereocenters.